The second kappa shape index (κ2) is 5.63. The Labute approximate surface area is 126 Å². The maximum atomic E-state index is 12.3. The highest BCUT2D eigenvalue weighted by atomic mass is 79.9. The number of hydrogen-bond acceptors (Lipinski definition) is 5. The standard InChI is InChI=1S/C11H15BrN2O4S2/c12-10-2-1-8(13)7-11(10)20(17,18)14-9-3-5-19(15,16)6-4-9/h1-2,7,9,14H,3-6,13H2. The first-order chi connectivity index (χ1) is 9.20. The molecule has 1 aliphatic heterocycles. The lowest BCUT2D eigenvalue weighted by Gasteiger charge is -2.23. The molecule has 2 rings (SSSR count). The zero-order chi connectivity index (χ0) is 15.0. The van der Waals surface area contributed by atoms with Crippen molar-refractivity contribution in [1.82, 2.24) is 4.72 Å². The first-order valence-electron chi connectivity index (χ1n) is 5.97. The molecule has 1 aromatic carbocycles. The molecule has 20 heavy (non-hydrogen) atoms. The summed E-state index contributed by atoms with van der Waals surface area (Å²) in [5.74, 6) is 0.0244. The molecule has 1 aliphatic rings. The SMILES string of the molecule is Nc1ccc(Br)c(S(=O)(=O)NC2CCS(=O)(=O)CC2)c1. The Balaban J connectivity index is 2.18. The van der Waals surface area contributed by atoms with E-state index in [-0.39, 0.29) is 22.4 Å². The van der Waals surface area contributed by atoms with Crippen LogP contribution in [-0.2, 0) is 19.9 Å². The fourth-order valence-electron chi connectivity index (χ4n) is 2.02. The average molecular weight is 383 g/mol. The van der Waals surface area contributed by atoms with E-state index < -0.39 is 19.9 Å². The predicted octanol–water partition coefficient (Wildman–Crippen LogP) is 0.887. The fourth-order valence-corrected chi connectivity index (χ4v) is 5.81. The highest BCUT2D eigenvalue weighted by Gasteiger charge is 2.28. The Hall–Kier alpha value is -0.640. The minimum atomic E-state index is -3.72. The van der Waals surface area contributed by atoms with Crippen molar-refractivity contribution in [3.05, 3.63) is 22.7 Å². The number of nitrogens with one attached hydrogen (secondary N) is 1. The summed E-state index contributed by atoms with van der Waals surface area (Å²) in [5, 5.41) is 0. The summed E-state index contributed by atoms with van der Waals surface area (Å²) in [5.41, 5.74) is 5.95. The molecule has 1 fully saturated rings. The van der Waals surface area contributed by atoms with Crippen molar-refractivity contribution in [1.29, 1.82) is 0 Å². The molecule has 1 heterocycles. The van der Waals surface area contributed by atoms with Crippen LogP contribution < -0.4 is 10.5 Å². The van der Waals surface area contributed by atoms with E-state index in [1.165, 1.54) is 6.07 Å². The highest BCUT2D eigenvalue weighted by molar-refractivity contribution is 9.10. The molecule has 1 aromatic rings. The van der Waals surface area contributed by atoms with Crippen LogP contribution in [0.15, 0.2) is 27.6 Å². The molecule has 0 bridgehead atoms. The molecule has 0 atom stereocenters. The van der Waals surface area contributed by atoms with Gasteiger partial charge < -0.3 is 5.73 Å². The number of nitrogen functional groups attached to an aromatic ring is 1. The van der Waals surface area contributed by atoms with Gasteiger partial charge in [-0.1, -0.05) is 0 Å². The minimum absolute atomic E-state index is 0.0122. The topological polar surface area (TPSA) is 106 Å². The van der Waals surface area contributed by atoms with Gasteiger partial charge in [0.15, 0.2) is 0 Å². The lowest BCUT2D eigenvalue weighted by molar-refractivity contribution is 0.505. The molecular formula is C11H15BrN2O4S2. The molecule has 0 aliphatic carbocycles. The number of halogens is 1. The molecule has 9 heteroatoms. The number of hydrogen-bond donors (Lipinski definition) is 2. The normalized spacial score (nSPS) is 19.9. The van der Waals surface area contributed by atoms with Gasteiger partial charge in [0.2, 0.25) is 10.0 Å². The number of sulfonamides is 1. The van der Waals surface area contributed by atoms with Crippen molar-refractivity contribution in [3.8, 4) is 0 Å². The molecule has 6 nitrogen and oxygen atoms in total. The van der Waals surface area contributed by atoms with E-state index in [9.17, 15) is 16.8 Å². The molecule has 0 unspecified atom stereocenters. The maximum Gasteiger partial charge on any atom is 0.242 e. The van der Waals surface area contributed by atoms with Gasteiger partial charge in [0, 0.05) is 16.2 Å². The second-order valence-corrected chi connectivity index (χ2v) is 9.58. The Kier molecular flexibility index (Phi) is 4.43. The number of nitrogens with two attached hydrogens (primary N) is 1. The lowest BCUT2D eigenvalue weighted by atomic mass is 10.2. The van der Waals surface area contributed by atoms with Crippen LogP contribution in [0.1, 0.15) is 12.8 Å². The van der Waals surface area contributed by atoms with Gasteiger partial charge in [0.25, 0.3) is 0 Å². The number of sulfone groups is 1. The molecule has 1 saturated heterocycles. The van der Waals surface area contributed by atoms with Crippen LogP contribution in [0.4, 0.5) is 5.69 Å². The Morgan fingerprint density at radius 2 is 1.85 bits per heavy atom. The third-order valence-electron chi connectivity index (χ3n) is 3.12. The van der Waals surface area contributed by atoms with E-state index in [1.807, 2.05) is 0 Å². The van der Waals surface area contributed by atoms with Crippen molar-refractivity contribution < 1.29 is 16.8 Å². The van der Waals surface area contributed by atoms with Gasteiger partial charge in [0.05, 0.1) is 16.4 Å². The van der Waals surface area contributed by atoms with Gasteiger partial charge in [-0.25, -0.2) is 21.6 Å². The van der Waals surface area contributed by atoms with E-state index in [2.05, 4.69) is 20.7 Å². The van der Waals surface area contributed by atoms with E-state index in [0.29, 0.717) is 23.0 Å². The van der Waals surface area contributed by atoms with Crippen LogP contribution >= 0.6 is 15.9 Å². The summed E-state index contributed by atoms with van der Waals surface area (Å²) < 4.78 is 50.2. The molecule has 112 valence electrons. The molecule has 3 N–H and O–H groups in total. The van der Waals surface area contributed by atoms with Crippen molar-refractivity contribution in [2.45, 2.75) is 23.8 Å². The van der Waals surface area contributed by atoms with Crippen molar-refractivity contribution in [3.63, 3.8) is 0 Å². The largest absolute Gasteiger partial charge is 0.399 e. The number of rotatable bonds is 3. The summed E-state index contributed by atoms with van der Waals surface area (Å²) in [6.07, 6.45) is 0.586. The first kappa shape index (κ1) is 15.7. The Bertz CT molecular complexity index is 702. The summed E-state index contributed by atoms with van der Waals surface area (Å²) >= 11 is 3.18. The van der Waals surface area contributed by atoms with Crippen LogP contribution in [0.5, 0.6) is 0 Å². The maximum absolute atomic E-state index is 12.3. The highest BCUT2D eigenvalue weighted by Crippen LogP contribution is 2.25. The van der Waals surface area contributed by atoms with Crippen LogP contribution in [0.25, 0.3) is 0 Å². The third-order valence-corrected chi connectivity index (χ3v) is 7.35. The zero-order valence-electron chi connectivity index (χ0n) is 10.5. The smallest absolute Gasteiger partial charge is 0.242 e. The quantitative estimate of drug-likeness (QED) is 0.754. The summed E-state index contributed by atoms with van der Waals surface area (Å²) in [6, 6.07) is 4.16. The van der Waals surface area contributed by atoms with E-state index >= 15 is 0 Å². The third kappa shape index (κ3) is 3.72. The van der Waals surface area contributed by atoms with Crippen molar-refractivity contribution in [2.24, 2.45) is 0 Å². The monoisotopic (exact) mass is 382 g/mol. The fraction of sp³-hybridized carbons (Fsp3) is 0.455. The predicted molar refractivity (Wildman–Crippen MR) is 80.6 cm³/mol. The Morgan fingerprint density at radius 1 is 1.25 bits per heavy atom. The summed E-state index contributed by atoms with van der Waals surface area (Å²) in [4.78, 5) is 0.0610. The van der Waals surface area contributed by atoms with Crippen molar-refractivity contribution >= 4 is 41.5 Å². The first-order valence-corrected chi connectivity index (χ1v) is 10.1. The van der Waals surface area contributed by atoms with Gasteiger partial charge in [-0.2, -0.15) is 0 Å². The lowest BCUT2D eigenvalue weighted by Crippen LogP contribution is -2.40. The van der Waals surface area contributed by atoms with Crippen LogP contribution in [-0.4, -0.2) is 34.4 Å². The van der Waals surface area contributed by atoms with Gasteiger partial charge in [-0.05, 0) is 47.0 Å². The molecule has 0 saturated carbocycles. The molecule has 0 spiro atoms. The number of anilines is 1. The van der Waals surface area contributed by atoms with E-state index in [0.717, 1.165) is 0 Å². The number of benzene rings is 1. The van der Waals surface area contributed by atoms with Gasteiger partial charge >= 0.3 is 0 Å². The molecular weight excluding hydrogens is 368 g/mol. The average Bonchev–Trinajstić information content (AvgIpc) is 2.35. The molecule has 0 aromatic heterocycles. The van der Waals surface area contributed by atoms with Crippen molar-refractivity contribution in [2.75, 3.05) is 17.2 Å². The van der Waals surface area contributed by atoms with Gasteiger partial charge in [-0.3, -0.25) is 0 Å². The second-order valence-electron chi connectivity index (χ2n) is 4.74. The van der Waals surface area contributed by atoms with Crippen LogP contribution in [0, 0.1) is 0 Å². The molecule has 0 radical (unpaired) electrons. The van der Waals surface area contributed by atoms with Gasteiger partial charge in [-0.15, -0.1) is 0 Å². The molecule has 0 amide bonds. The van der Waals surface area contributed by atoms with Crippen LogP contribution in [0.3, 0.4) is 0 Å². The Morgan fingerprint density at radius 3 is 2.45 bits per heavy atom. The van der Waals surface area contributed by atoms with Gasteiger partial charge in [0.1, 0.15) is 9.84 Å². The van der Waals surface area contributed by atoms with Crippen LogP contribution in [0.2, 0.25) is 0 Å². The summed E-state index contributed by atoms with van der Waals surface area (Å²) in [6.45, 7) is 0. The zero-order valence-corrected chi connectivity index (χ0v) is 13.8. The van der Waals surface area contributed by atoms with E-state index in [4.69, 9.17) is 5.73 Å². The summed E-state index contributed by atoms with van der Waals surface area (Å²) in [7, 11) is -6.74. The minimum Gasteiger partial charge on any atom is -0.399 e. The van der Waals surface area contributed by atoms with E-state index in [1.54, 1.807) is 12.1 Å².